The fourth-order valence-corrected chi connectivity index (χ4v) is 6.54. The van der Waals surface area contributed by atoms with Crippen LogP contribution in [0.5, 0.6) is 0 Å². The molecule has 1 nitrogen and oxygen atoms in total. The number of nitrogens with zero attached hydrogens (tertiary/aromatic N) is 1. The van der Waals surface area contributed by atoms with Gasteiger partial charge in [-0.15, -0.1) is 11.3 Å². The van der Waals surface area contributed by atoms with Crippen molar-refractivity contribution >= 4 is 64.9 Å². The van der Waals surface area contributed by atoms with Crippen molar-refractivity contribution in [3.63, 3.8) is 0 Å². The Morgan fingerprint density at radius 2 is 1.27 bits per heavy atom. The lowest BCUT2D eigenvalue weighted by Crippen LogP contribution is -1.92. The van der Waals surface area contributed by atoms with E-state index in [0.29, 0.717) is 0 Å². The summed E-state index contributed by atoms with van der Waals surface area (Å²) in [5.41, 5.74) is 6.12. The van der Waals surface area contributed by atoms with Crippen molar-refractivity contribution in [2.75, 3.05) is 0 Å². The SMILES string of the molecule is Clc1ccc(-c2cccc3c2sc2c3ccc3c2c2ccccc2n3-c2ccccc2)cc1. The van der Waals surface area contributed by atoms with E-state index < -0.39 is 0 Å². The first-order valence-corrected chi connectivity index (χ1v) is 12.2. The van der Waals surface area contributed by atoms with E-state index in [2.05, 4.69) is 102 Å². The van der Waals surface area contributed by atoms with E-state index >= 15 is 0 Å². The van der Waals surface area contributed by atoms with Gasteiger partial charge in [0.2, 0.25) is 0 Å². The zero-order valence-corrected chi connectivity index (χ0v) is 19.2. The van der Waals surface area contributed by atoms with Crippen LogP contribution in [0.1, 0.15) is 0 Å². The molecular weight excluding hydrogens is 442 g/mol. The molecule has 0 atom stereocenters. The Morgan fingerprint density at radius 3 is 2.12 bits per heavy atom. The topological polar surface area (TPSA) is 4.93 Å². The van der Waals surface area contributed by atoms with Crippen LogP contribution in [-0.2, 0) is 0 Å². The van der Waals surface area contributed by atoms with Crippen molar-refractivity contribution in [3.8, 4) is 16.8 Å². The lowest BCUT2D eigenvalue weighted by Gasteiger charge is -2.07. The summed E-state index contributed by atoms with van der Waals surface area (Å²) in [6.45, 7) is 0. The second-order valence-corrected chi connectivity index (χ2v) is 9.77. The molecule has 0 aliphatic carbocycles. The Kier molecular flexibility index (Phi) is 4.14. The third-order valence-electron chi connectivity index (χ3n) is 6.47. The Labute approximate surface area is 200 Å². The maximum atomic E-state index is 6.16. The fraction of sp³-hybridized carbons (Fsp3) is 0. The third kappa shape index (κ3) is 2.78. The van der Waals surface area contributed by atoms with Gasteiger partial charge in [0, 0.05) is 41.7 Å². The first kappa shape index (κ1) is 18.9. The first-order chi connectivity index (χ1) is 16.3. The lowest BCUT2D eigenvalue weighted by atomic mass is 10.0. The van der Waals surface area contributed by atoms with Crippen molar-refractivity contribution in [1.82, 2.24) is 4.57 Å². The molecule has 0 saturated carbocycles. The number of para-hydroxylation sites is 2. The van der Waals surface area contributed by atoms with Crippen molar-refractivity contribution in [1.29, 1.82) is 0 Å². The van der Waals surface area contributed by atoms with Gasteiger partial charge in [0.05, 0.1) is 11.0 Å². The average molecular weight is 460 g/mol. The van der Waals surface area contributed by atoms with E-state index in [0.717, 1.165) is 5.02 Å². The van der Waals surface area contributed by atoms with Crippen molar-refractivity contribution in [2.24, 2.45) is 0 Å². The number of rotatable bonds is 2. The summed E-state index contributed by atoms with van der Waals surface area (Å²) in [6, 6.07) is 38.7. The molecule has 0 radical (unpaired) electrons. The van der Waals surface area contributed by atoms with Gasteiger partial charge in [-0.25, -0.2) is 0 Å². The predicted octanol–water partition coefficient (Wildman–Crippen LogP) is 9.47. The van der Waals surface area contributed by atoms with E-state index in [4.69, 9.17) is 11.6 Å². The summed E-state index contributed by atoms with van der Waals surface area (Å²) in [4.78, 5) is 0. The van der Waals surface area contributed by atoms with E-state index in [1.165, 1.54) is 58.8 Å². The van der Waals surface area contributed by atoms with Crippen molar-refractivity contribution in [2.45, 2.75) is 0 Å². The molecule has 0 N–H and O–H groups in total. The van der Waals surface area contributed by atoms with Gasteiger partial charge in [-0.05, 0) is 47.5 Å². The zero-order valence-electron chi connectivity index (χ0n) is 17.6. The van der Waals surface area contributed by atoms with E-state index in [-0.39, 0.29) is 0 Å². The second kappa shape index (κ2) is 7.21. The minimum atomic E-state index is 0.762. The van der Waals surface area contributed by atoms with Gasteiger partial charge in [-0.2, -0.15) is 0 Å². The van der Waals surface area contributed by atoms with Gasteiger partial charge < -0.3 is 4.57 Å². The summed E-state index contributed by atoms with van der Waals surface area (Å²) in [6.07, 6.45) is 0. The molecule has 0 saturated heterocycles. The van der Waals surface area contributed by atoms with Gasteiger partial charge >= 0.3 is 0 Å². The first-order valence-electron chi connectivity index (χ1n) is 11.0. The molecular formula is C30H18ClNS. The van der Waals surface area contributed by atoms with Crippen molar-refractivity contribution in [3.05, 3.63) is 114 Å². The molecule has 0 aliphatic rings. The Morgan fingerprint density at radius 1 is 0.545 bits per heavy atom. The lowest BCUT2D eigenvalue weighted by molar-refractivity contribution is 1.18. The number of fused-ring (bicyclic) bond motifs is 7. The summed E-state index contributed by atoms with van der Waals surface area (Å²) >= 11 is 8.05. The van der Waals surface area contributed by atoms with Crippen LogP contribution < -0.4 is 0 Å². The number of hydrogen-bond acceptors (Lipinski definition) is 1. The quantitative estimate of drug-likeness (QED) is 0.242. The number of aromatic nitrogens is 1. The molecule has 7 rings (SSSR count). The molecule has 2 aromatic heterocycles. The standard InChI is InChI=1S/C30H18ClNS/c31-20-15-13-19(14-16-20)22-10-6-11-23-24-17-18-27-28(30(24)33-29(22)23)25-9-4-5-12-26(25)32(27)21-7-2-1-3-8-21/h1-18H. The highest BCUT2D eigenvalue weighted by molar-refractivity contribution is 7.27. The summed E-state index contributed by atoms with van der Waals surface area (Å²) in [5, 5.41) is 6.00. The van der Waals surface area contributed by atoms with Gasteiger partial charge in [0.15, 0.2) is 0 Å². The van der Waals surface area contributed by atoms with Gasteiger partial charge in [-0.1, -0.05) is 84.4 Å². The smallest absolute Gasteiger partial charge is 0.0555 e. The zero-order chi connectivity index (χ0) is 21.9. The summed E-state index contributed by atoms with van der Waals surface area (Å²) < 4.78 is 5.04. The van der Waals surface area contributed by atoms with Crippen LogP contribution >= 0.6 is 22.9 Å². The predicted molar refractivity (Wildman–Crippen MR) is 144 cm³/mol. The normalized spacial score (nSPS) is 11.8. The van der Waals surface area contributed by atoms with Crippen LogP contribution in [0, 0.1) is 0 Å². The molecule has 0 fully saturated rings. The molecule has 0 aliphatic heterocycles. The Hall–Kier alpha value is -3.59. The maximum absolute atomic E-state index is 6.16. The van der Waals surface area contributed by atoms with Crippen LogP contribution in [0.3, 0.4) is 0 Å². The highest BCUT2D eigenvalue weighted by atomic mass is 35.5. The summed E-state index contributed by atoms with van der Waals surface area (Å²) in [5.74, 6) is 0. The fourth-order valence-electron chi connectivity index (χ4n) is 5.02. The van der Waals surface area contributed by atoms with Crippen LogP contribution in [0.25, 0.3) is 58.8 Å². The average Bonchev–Trinajstić information content (AvgIpc) is 3.41. The van der Waals surface area contributed by atoms with Crippen LogP contribution in [0.4, 0.5) is 0 Å². The molecule has 0 amide bonds. The highest BCUT2D eigenvalue weighted by Crippen LogP contribution is 2.45. The molecule has 0 spiro atoms. The maximum Gasteiger partial charge on any atom is 0.0555 e. The molecule has 156 valence electrons. The number of hydrogen-bond donors (Lipinski definition) is 0. The van der Waals surface area contributed by atoms with Crippen molar-refractivity contribution < 1.29 is 0 Å². The second-order valence-electron chi connectivity index (χ2n) is 8.32. The van der Waals surface area contributed by atoms with E-state index in [1.54, 1.807) is 0 Å². The molecule has 2 heterocycles. The Balaban J connectivity index is 1.63. The summed E-state index contributed by atoms with van der Waals surface area (Å²) in [7, 11) is 0. The van der Waals surface area contributed by atoms with E-state index in [9.17, 15) is 0 Å². The monoisotopic (exact) mass is 459 g/mol. The van der Waals surface area contributed by atoms with Gasteiger partial charge in [0.1, 0.15) is 0 Å². The molecule has 5 aromatic carbocycles. The van der Waals surface area contributed by atoms with Crippen LogP contribution in [0.2, 0.25) is 5.02 Å². The highest BCUT2D eigenvalue weighted by Gasteiger charge is 2.18. The van der Waals surface area contributed by atoms with Gasteiger partial charge in [0.25, 0.3) is 0 Å². The minimum absolute atomic E-state index is 0.762. The van der Waals surface area contributed by atoms with Crippen LogP contribution in [0.15, 0.2) is 109 Å². The Bertz CT molecular complexity index is 1810. The molecule has 7 aromatic rings. The van der Waals surface area contributed by atoms with E-state index in [1.807, 2.05) is 23.5 Å². The number of thiophene rings is 1. The molecule has 0 unspecified atom stereocenters. The molecule has 33 heavy (non-hydrogen) atoms. The van der Waals surface area contributed by atoms with Crippen LogP contribution in [-0.4, -0.2) is 4.57 Å². The molecule has 0 bridgehead atoms. The minimum Gasteiger partial charge on any atom is -0.309 e. The van der Waals surface area contributed by atoms with Gasteiger partial charge in [-0.3, -0.25) is 0 Å². The largest absolute Gasteiger partial charge is 0.309 e. The third-order valence-corrected chi connectivity index (χ3v) is 7.99. The number of benzene rings is 5. The number of halogens is 1. The molecule has 3 heteroatoms.